The monoisotopic (exact) mass is 235 g/mol. The highest BCUT2D eigenvalue weighted by molar-refractivity contribution is 5.35. The molecule has 0 amide bonds. The van der Waals surface area contributed by atoms with Crippen LogP contribution in [0.1, 0.15) is 30.9 Å². The second kappa shape index (κ2) is 6.03. The van der Waals surface area contributed by atoms with E-state index < -0.39 is 0 Å². The molecule has 17 heavy (non-hydrogen) atoms. The Kier molecular flexibility index (Phi) is 4.40. The quantitative estimate of drug-likeness (QED) is 0.738. The van der Waals surface area contributed by atoms with E-state index in [4.69, 9.17) is 15.2 Å². The second-order valence-corrected chi connectivity index (χ2v) is 4.66. The van der Waals surface area contributed by atoms with Gasteiger partial charge in [-0.15, -0.1) is 0 Å². The third-order valence-electron chi connectivity index (χ3n) is 3.15. The number of hydrogen-bond acceptors (Lipinski definition) is 3. The Labute approximate surface area is 103 Å². The van der Waals surface area contributed by atoms with Crippen molar-refractivity contribution in [1.82, 2.24) is 0 Å². The summed E-state index contributed by atoms with van der Waals surface area (Å²) < 4.78 is 10.7. The van der Waals surface area contributed by atoms with Gasteiger partial charge in [0, 0.05) is 18.7 Å². The molecule has 1 fully saturated rings. The van der Waals surface area contributed by atoms with Gasteiger partial charge in [-0.2, -0.15) is 0 Å². The molecule has 0 radical (unpaired) electrons. The Morgan fingerprint density at radius 2 is 2.06 bits per heavy atom. The first kappa shape index (κ1) is 12.4. The molecule has 1 aliphatic carbocycles. The van der Waals surface area contributed by atoms with Gasteiger partial charge in [-0.3, -0.25) is 0 Å². The van der Waals surface area contributed by atoms with E-state index in [1.54, 1.807) is 7.11 Å². The molecular formula is C14H21NO2. The second-order valence-electron chi connectivity index (χ2n) is 4.66. The Bertz CT molecular complexity index is 350. The van der Waals surface area contributed by atoms with Crippen LogP contribution < -0.4 is 10.5 Å². The third-order valence-corrected chi connectivity index (χ3v) is 3.15. The number of para-hydroxylation sites is 1. The van der Waals surface area contributed by atoms with Crippen molar-refractivity contribution >= 4 is 0 Å². The van der Waals surface area contributed by atoms with Gasteiger partial charge in [0.25, 0.3) is 0 Å². The van der Waals surface area contributed by atoms with Crippen molar-refractivity contribution in [3.63, 3.8) is 0 Å². The molecule has 0 saturated heterocycles. The SMILES string of the molecule is COCCOc1ccccc1C(N)CC1CC1. The predicted molar refractivity (Wildman–Crippen MR) is 68.1 cm³/mol. The number of benzene rings is 1. The molecule has 2 N–H and O–H groups in total. The molecule has 0 bridgehead atoms. The van der Waals surface area contributed by atoms with Gasteiger partial charge in [-0.25, -0.2) is 0 Å². The molecule has 0 heterocycles. The normalized spacial score (nSPS) is 16.8. The van der Waals surface area contributed by atoms with Crippen LogP contribution in [-0.2, 0) is 4.74 Å². The molecule has 1 aromatic carbocycles. The van der Waals surface area contributed by atoms with Crippen LogP contribution in [0.5, 0.6) is 5.75 Å². The molecule has 0 spiro atoms. The zero-order chi connectivity index (χ0) is 12.1. The lowest BCUT2D eigenvalue weighted by atomic mass is 10.0. The summed E-state index contributed by atoms with van der Waals surface area (Å²) in [6.07, 6.45) is 3.74. The maximum Gasteiger partial charge on any atom is 0.124 e. The summed E-state index contributed by atoms with van der Waals surface area (Å²) >= 11 is 0. The van der Waals surface area contributed by atoms with Crippen molar-refractivity contribution in [3.8, 4) is 5.75 Å². The van der Waals surface area contributed by atoms with E-state index in [1.807, 2.05) is 18.2 Å². The lowest BCUT2D eigenvalue weighted by molar-refractivity contribution is 0.145. The van der Waals surface area contributed by atoms with Crippen molar-refractivity contribution in [2.45, 2.75) is 25.3 Å². The highest BCUT2D eigenvalue weighted by Gasteiger charge is 2.25. The molecule has 3 heteroatoms. The van der Waals surface area contributed by atoms with Crippen molar-refractivity contribution in [3.05, 3.63) is 29.8 Å². The highest BCUT2D eigenvalue weighted by Crippen LogP contribution is 2.38. The minimum absolute atomic E-state index is 0.0984. The maximum atomic E-state index is 6.23. The van der Waals surface area contributed by atoms with E-state index in [2.05, 4.69) is 6.07 Å². The van der Waals surface area contributed by atoms with Crippen molar-refractivity contribution in [2.24, 2.45) is 11.7 Å². The standard InChI is InChI=1S/C14H21NO2/c1-16-8-9-17-14-5-3-2-4-12(14)13(15)10-11-6-7-11/h2-5,11,13H,6-10,15H2,1H3. The largest absolute Gasteiger partial charge is 0.491 e. The molecule has 0 aromatic heterocycles. The van der Waals surface area contributed by atoms with Gasteiger partial charge in [-0.05, 0) is 18.4 Å². The molecule has 1 aromatic rings. The molecule has 0 aliphatic heterocycles. The Hall–Kier alpha value is -1.06. The van der Waals surface area contributed by atoms with E-state index in [9.17, 15) is 0 Å². The molecule has 3 nitrogen and oxygen atoms in total. The molecular weight excluding hydrogens is 214 g/mol. The molecule has 1 unspecified atom stereocenters. The highest BCUT2D eigenvalue weighted by atomic mass is 16.5. The van der Waals surface area contributed by atoms with Crippen LogP contribution in [0.25, 0.3) is 0 Å². The minimum atomic E-state index is 0.0984. The zero-order valence-electron chi connectivity index (χ0n) is 10.4. The van der Waals surface area contributed by atoms with Crippen molar-refractivity contribution in [1.29, 1.82) is 0 Å². The van der Waals surface area contributed by atoms with E-state index in [1.165, 1.54) is 12.8 Å². The molecule has 1 atom stereocenters. The summed E-state index contributed by atoms with van der Waals surface area (Å²) in [4.78, 5) is 0. The van der Waals surface area contributed by atoms with Crippen molar-refractivity contribution in [2.75, 3.05) is 20.3 Å². The van der Waals surface area contributed by atoms with Crippen LogP contribution in [0, 0.1) is 5.92 Å². The molecule has 2 rings (SSSR count). The first-order valence-electron chi connectivity index (χ1n) is 6.27. The Morgan fingerprint density at radius 3 is 2.76 bits per heavy atom. The van der Waals surface area contributed by atoms with Crippen LogP contribution in [0.2, 0.25) is 0 Å². The van der Waals surface area contributed by atoms with Gasteiger partial charge in [0.2, 0.25) is 0 Å². The summed E-state index contributed by atoms with van der Waals surface area (Å²) in [5, 5.41) is 0. The number of nitrogens with two attached hydrogens (primary N) is 1. The number of hydrogen-bond donors (Lipinski definition) is 1. The van der Waals surface area contributed by atoms with Gasteiger partial charge < -0.3 is 15.2 Å². The van der Waals surface area contributed by atoms with E-state index in [-0.39, 0.29) is 6.04 Å². The van der Waals surface area contributed by atoms with E-state index in [0.717, 1.165) is 23.7 Å². The topological polar surface area (TPSA) is 44.5 Å². The maximum absolute atomic E-state index is 6.23. The van der Waals surface area contributed by atoms with Crippen LogP contribution >= 0.6 is 0 Å². The first-order chi connectivity index (χ1) is 8.31. The summed E-state index contributed by atoms with van der Waals surface area (Å²) in [6, 6.07) is 8.15. The predicted octanol–water partition coefficient (Wildman–Crippen LogP) is 2.51. The Morgan fingerprint density at radius 1 is 1.29 bits per heavy atom. The summed E-state index contributed by atoms with van der Waals surface area (Å²) in [5.74, 6) is 1.73. The number of ether oxygens (including phenoxy) is 2. The number of methoxy groups -OCH3 is 1. The van der Waals surface area contributed by atoms with Gasteiger partial charge in [0.05, 0.1) is 6.61 Å². The fourth-order valence-electron chi connectivity index (χ4n) is 1.99. The molecule has 1 aliphatic rings. The summed E-state index contributed by atoms with van der Waals surface area (Å²) in [5.41, 5.74) is 7.35. The minimum Gasteiger partial charge on any atom is -0.491 e. The van der Waals surface area contributed by atoms with Gasteiger partial charge >= 0.3 is 0 Å². The summed E-state index contributed by atoms with van der Waals surface area (Å²) in [6.45, 7) is 1.18. The van der Waals surface area contributed by atoms with E-state index in [0.29, 0.717) is 13.2 Å². The molecule has 94 valence electrons. The van der Waals surface area contributed by atoms with Gasteiger partial charge in [0.1, 0.15) is 12.4 Å². The van der Waals surface area contributed by atoms with Crippen LogP contribution in [0.15, 0.2) is 24.3 Å². The van der Waals surface area contributed by atoms with Gasteiger partial charge in [-0.1, -0.05) is 31.0 Å². The van der Waals surface area contributed by atoms with Crippen LogP contribution in [0.4, 0.5) is 0 Å². The summed E-state index contributed by atoms with van der Waals surface area (Å²) in [7, 11) is 1.67. The van der Waals surface area contributed by atoms with Gasteiger partial charge in [0.15, 0.2) is 0 Å². The Balaban J connectivity index is 1.97. The fraction of sp³-hybridized carbons (Fsp3) is 0.571. The zero-order valence-corrected chi connectivity index (χ0v) is 10.4. The average Bonchev–Trinajstić information content (AvgIpc) is 3.14. The van der Waals surface area contributed by atoms with Crippen LogP contribution in [0.3, 0.4) is 0 Å². The smallest absolute Gasteiger partial charge is 0.124 e. The van der Waals surface area contributed by atoms with E-state index >= 15 is 0 Å². The lowest BCUT2D eigenvalue weighted by Gasteiger charge is -2.16. The average molecular weight is 235 g/mol. The third kappa shape index (κ3) is 3.72. The van der Waals surface area contributed by atoms with Crippen LogP contribution in [-0.4, -0.2) is 20.3 Å². The first-order valence-corrected chi connectivity index (χ1v) is 6.27. The fourth-order valence-corrected chi connectivity index (χ4v) is 1.99. The lowest BCUT2D eigenvalue weighted by Crippen LogP contribution is -2.14. The molecule has 1 saturated carbocycles. The number of rotatable bonds is 7. The van der Waals surface area contributed by atoms with Crippen molar-refractivity contribution < 1.29 is 9.47 Å².